The molecular weight excluding hydrogens is 1030 g/mol. The first-order valence-electron chi connectivity index (χ1n) is 27.0. The highest BCUT2D eigenvalue weighted by atomic mass is 28.4. The molecule has 420 valence electrons. The van der Waals surface area contributed by atoms with E-state index in [-0.39, 0.29) is 48.7 Å². The van der Waals surface area contributed by atoms with E-state index in [0.29, 0.717) is 29.3 Å². The number of Topliss-reactive ketones (excluding diaryl/α,β-unsaturated/α-hetero) is 1. The lowest BCUT2D eigenvalue weighted by Gasteiger charge is -2.68. The molecule has 3 aliphatic carbocycles. The van der Waals surface area contributed by atoms with Crippen molar-refractivity contribution in [3.63, 3.8) is 0 Å². The second-order valence-electron chi connectivity index (χ2n) is 21.6. The van der Waals surface area contributed by atoms with E-state index in [9.17, 15) is 24.3 Å². The Hall–Kier alpha value is -6.99. The van der Waals surface area contributed by atoms with Gasteiger partial charge in [-0.1, -0.05) is 149 Å². The quantitative estimate of drug-likeness (QED) is 0.0231. The van der Waals surface area contributed by atoms with Crippen molar-refractivity contribution in [3.8, 4) is 0 Å². The van der Waals surface area contributed by atoms with Gasteiger partial charge in [-0.05, 0) is 66.4 Å². The Balaban J connectivity index is 1.35. The van der Waals surface area contributed by atoms with E-state index in [2.05, 4.69) is 5.16 Å². The molecule has 4 aromatic rings. The maximum atomic E-state index is 16.8. The number of esters is 4. The zero-order valence-corrected chi connectivity index (χ0v) is 47.3. The van der Waals surface area contributed by atoms with E-state index in [4.69, 9.17) is 42.4 Å². The van der Waals surface area contributed by atoms with Gasteiger partial charge in [-0.3, -0.25) is 14.4 Å². The normalized spacial score (nSPS) is 27.5. The lowest BCUT2D eigenvalue weighted by Crippen LogP contribution is -2.82. The molecule has 17 nitrogen and oxygen atoms in total. The number of oxime groups is 1. The predicted molar refractivity (Wildman–Crippen MR) is 290 cm³/mol. The number of carbonyl (C=O) groups excluding carboxylic acids is 6. The summed E-state index contributed by atoms with van der Waals surface area (Å²) >= 11 is 0. The summed E-state index contributed by atoms with van der Waals surface area (Å²) in [4.78, 5) is 93.9. The summed E-state index contributed by atoms with van der Waals surface area (Å²) in [6.07, 6.45) is -10.9. The van der Waals surface area contributed by atoms with Gasteiger partial charge in [-0.2, -0.15) is 0 Å². The van der Waals surface area contributed by atoms with Gasteiger partial charge in [0.2, 0.25) is 6.10 Å². The van der Waals surface area contributed by atoms with Gasteiger partial charge in [-0.25, -0.2) is 14.4 Å². The Morgan fingerprint density at radius 3 is 1.84 bits per heavy atom. The molecule has 3 unspecified atom stereocenters. The van der Waals surface area contributed by atoms with Gasteiger partial charge in [0.05, 0.1) is 29.6 Å². The van der Waals surface area contributed by atoms with Crippen LogP contribution >= 0.6 is 0 Å². The van der Waals surface area contributed by atoms with Crippen LogP contribution in [-0.4, -0.2) is 109 Å². The van der Waals surface area contributed by atoms with E-state index >= 15 is 9.59 Å². The van der Waals surface area contributed by atoms with Gasteiger partial charge < -0.3 is 47.5 Å². The van der Waals surface area contributed by atoms with Crippen molar-refractivity contribution >= 4 is 49.8 Å². The van der Waals surface area contributed by atoms with Crippen molar-refractivity contribution in [1.29, 1.82) is 0 Å². The third-order valence-electron chi connectivity index (χ3n) is 16.9. The average molecular weight is 1100 g/mol. The highest BCUT2D eigenvalue weighted by Gasteiger charge is 2.79. The first kappa shape index (κ1) is 58.2. The molecule has 1 aliphatic heterocycles. The lowest BCUT2D eigenvalue weighted by molar-refractivity contribution is -0.344. The van der Waals surface area contributed by atoms with Crippen LogP contribution in [-0.2, 0) is 74.8 Å². The molecule has 10 atom stereocenters. The van der Waals surface area contributed by atoms with Gasteiger partial charge >= 0.3 is 30.0 Å². The molecule has 18 heteroatoms. The van der Waals surface area contributed by atoms with Gasteiger partial charge in [0.25, 0.3) is 0 Å². The topological polar surface area (TPSA) is 218 Å². The third kappa shape index (κ3) is 11.3. The van der Waals surface area contributed by atoms with E-state index < -0.39 is 115 Å². The van der Waals surface area contributed by atoms with Crippen LogP contribution in [0.15, 0.2) is 138 Å². The molecule has 1 saturated heterocycles. The first-order chi connectivity index (χ1) is 37.7. The van der Waals surface area contributed by atoms with E-state index in [1.165, 1.54) is 19.1 Å². The van der Waals surface area contributed by atoms with Crippen LogP contribution in [0.1, 0.15) is 102 Å². The number of fused-ring (bicyclic) bond motifs is 5. The standard InChI is InChI=1S/C61H71NO16Si/c1-10-79(11-2,12-3)78-46-33-47-60(37-71-47,77-40(6)64)52-54(76-55(66)44-31-23-16-24-32-44)61(69)34-45(38(4)48(58(61,7)8)50(53(65)59(46,52)9)75-57(68)70-35-41-25-17-13-18-26-41)74-56(67)51(73-39(5)63)49(43-29-21-15-22-30-43)62-72-36-42-27-19-14-20-28-42/h13-32,45-47,50-52,54,69H,10-12,33-37H2,1-9H3/b62-49-/t45-,46-,47+,50+,51?,52?,54?,59+,60-,61+/m0/s1. The molecule has 1 N–H and O–H groups in total. The smallest absolute Gasteiger partial charge is 0.455 e. The average Bonchev–Trinajstić information content (AvgIpc) is 3.61. The number of hydrogen-bond acceptors (Lipinski definition) is 17. The second-order valence-corrected chi connectivity index (χ2v) is 26.4. The lowest BCUT2D eigenvalue weighted by atomic mass is 9.44. The van der Waals surface area contributed by atoms with Crippen LogP contribution in [0.2, 0.25) is 18.1 Å². The van der Waals surface area contributed by atoms with Gasteiger partial charge in [0.1, 0.15) is 42.8 Å². The van der Waals surface area contributed by atoms with Gasteiger partial charge in [0, 0.05) is 37.7 Å². The molecule has 3 fully saturated rings. The Morgan fingerprint density at radius 2 is 1.30 bits per heavy atom. The van der Waals surface area contributed by atoms with Crippen molar-refractivity contribution in [2.24, 2.45) is 21.9 Å². The van der Waals surface area contributed by atoms with E-state index in [0.717, 1.165) is 12.5 Å². The fourth-order valence-corrected chi connectivity index (χ4v) is 15.3. The zero-order valence-electron chi connectivity index (χ0n) is 46.3. The van der Waals surface area contributed by atoms with Crippen molar-refractivity contribution in [1.82, 2.24) is 0 Å². The Labute approximate surface area is 462 Å². The monoisotopic (exact) mass is 1100 g/mol. The summed E-state index contributed by atoms with van der Waals surface area (Å²) in [5, 5.41) is 18.8. The van der Waals surface area contributed by atoms with Crippen LogP contribution in [0.25, 0.3) is 0 Å². The largest absolute Gasteiger partial charge is 0.509 e. The number of nitrogens with zero attached hydrogens (tertiary/aromatic N) is 1. The number of hydrogen-bond donors (Lipinski definition) is 1. The number of ether oxygens (including phenoxy) is 7. The highest BCUT2D eigenvalue weighted by Crippen LogP contribution is 2.65. The van der Waals surface area contributed by atoms with E-state index in [1.54, 1.807) is 107 Å². The second kappa shape index (κ2) is 23.8. The molecule has 1 heterocycles. The van der Waals surface area contributed by atoms with Gasteiger partial charge in [-0.15, -0.1) is 0 Å². The van der Waals surface area contributed by atoms with E-state index in [1.807, 2.05) is 51.1 Å². The minimum absolute atomic E-state index is 0.00517. The predicted octanol–water partition coefficient (Wildman–Crippen LogP) is 9.58. The summed E-state index contributed by atoms with van der Waals surface area (Å²) in [7, 11) is -2.72. The molecule has 2 saturated carbocycles. The first-order valence-corrected chi connectivity index (χ1v) is 29.5. The molecule has 8 rings (SSSR count). The maximum Gasteiger partial charge on any atom is 0.509 e. The summed E-state index contributed by atoms with van der Waals surface area (Å²) in [5.74, 6) is -5.92. The molecule has 4 aromatic carbocycles. The summed E-state index contributed by atoms with van der Waals surface area (Å²) in [6.45, 7) is 14.4. The van der Waals surface area contributed by atoms with Crippen molar-refractivity contribution in [3.05, 3.63) is 155 Å². The van der Waals surface area contributed by atoms with Crippen molar-refractivity contribution < 1.29 is 76.3 Å². The molecule has 2 bridgehead atoms. The zero-order chi connectivity index (χ0) is 56.9. The van der Waals surface area contributed by atoms with Crippen LogP contribution in [0.5, 0.6) is 0 Å². The third-order valence-corrected chi connectivity index (χ3v) is 21.6. The number of ketones is 1. The maximum absolute atomic E-state index is 16.8. The van der Waals surface area contributed by atoms with Gasteiger partial charge in [0.15, 0.2) is 25.8 Å². The summed E-state index contributed by atoms with van der Waals surface area (Å²) in [5.41, 5.74) is -6.01. The minimum Gasteiger partial charge on any atom is -0.455 e. The van der Waals surface area contributed by atoms with Crippen LogP contribution in [0, 0.1) is 16.7 Å². The SMILES string of the molecule is CC[Si](CC)(CC)O[C@H]1C[C@H]2OC[C@@]2(OC(C)=O)C2C(OC(=O)c3ccccc3)[C@]3(O)C[C@H](OC(=O)C(OC(C)=O)/C(=N\OCc4ccccc4)c4ccccc4)C(C)=C([C@@H](OC(=O)OCc4ccccc4)C(=O)[C@@]21C)C3(C)C. The fraction of sp³-hybridized carbons (Fsp3) is 0.459. The Kier molecular flexibility index (Phi) is 17.5. The number of carbonyl (C=O) groups is 6. The molecular formula is C61H71NO16Si. The molecule has 4 aliphatic rings. The Morgan fingerprint density at radius 1 is 0.747 bits per heavy atom. The molecule has 0 aromatic heterocycles. The summed E-state index contributed by atoms with van der Waals surface area (Å²) in [6, 6.07) is 36.5. The number of rotatable bonds is 19. The molecule has 0 amide bonds. The van der Waals surface area contributed by atoms with Crippen LogP contribution in [0.4, 0.5) is 4.79 Å². The highest BCUT2D eigenvalue weighted by molar-refractivity contribution is 6.73. The summed E-state index contributed by atoms with van der Waals surface area (Å²) < 4.78 is 51.2. The molecule has 0 spiro atoms. The Bertz CT molecular complexity index is 2920. The van der Waals surface area contributed by atoms with Crippen LogP contribution < -0.4 is 0 Å². The van der Waals surface area contributed by atoms with Crippen molar-refractivity contribution in [2.75, 3.05) is 6.61 Å². The van der Waals surface area contributed by atoms with Crippen LogP contribution in [0.3, 0.4) is 0 Å². The van der Waals surface area contributed by atoms with Crippen molar-refractivity contribution in [2.45, 2.75) is 154 Å². The minimum atomic E-state index is -2.72. The molecule has 0 radical (unpaired) electrons. The fourth-order valence-electron chi connectivity index (χ4n) is 12.3. The number of benzene rings is 4. The number of aliphatic hydroxyl groups is 1. The molecule has 79 heavy (non-hydrogen) atoms.